The van der Waals surface area contributed by atoms with Crippen LogP contribution in [0.15, 0.2) is 67.0 Å². The Bertz CT molecular complexity index is 967. The van der Waals surface area contributed by atoms with Gasteiger partial charge in [-0.05, 0) is 18.2 Å². The normalized spacial score (nSPS) is 11.1. The van der Waals surface area contributed by atoms with Crippen LogP contribution in [0.1, 0.15) is 10.4 Å². The van der Waals surface area contributed by atoms with Gasteiger partial charge in [-0.3, -0.25) is 14.3 Å². The Morgan fingerprint density at radius 1 is 0.909 bits per heavy atom. The lowest BCUT2D eigenvalue weighted by Gasteiger charge is -2.07. The summed E-state index contributed by atoms with van der Waals surface area (Å²) in [6, 6.07) is 17.4. The number of aromatic nitrogens is 2. The number of fused-ring (bicyclic) bond motifs is 3. The summed E-state index contributed by atoms with van der Waals surface area (Å²) in [5.74, 6) is -0.171. The van der Waals surface area contributed by atoms with Crippen molar-refractivity contribution in [1.29, 1.82) is 0 Å². The zero-order valence-corrected chi connectivity index (χ0v) is 12.3. The smallest absolute Gasteiger partial charge is 0.265 e. The first-order valence-electron chi connectivity index (χ1n) is 6.90. The minimum Gasteiger partial charge on any atom is -0.276 e. The minimum absolute atomic E-state index is 0.171. The molecule has 0 amide bonds. The summed E-state index contributed by atoms with van der Waals surface area (Å²) in [6.07, 6.45) is 3.08. The van der Waals surface area contributed by atoms with Crippen molar-refractivity contribution in [3.63, 3.8) is 0 Å². The molecule has 0 atom stereocenters. The monoisotopic (exact) mass is 306 g/mol. The van der Waals surface area contributed by atoms with Crippen molar-refractivity contribution in [2.45, 2.75) is 0 Å². The molecule has 0 aliphatic heterocycles. The average molecular weight is 307 g/mol. The first-order chi connectivity index (χ1) is 10.8. The van der Waals surface area contributed by atoms with Gasteiger partial charge in [0.25, 0.3) is 5.91 Å². The zero-order valence-electron chi connectivity index (χ0n) is 11.5. The molecule has 106 valence electrons. The van der Waals surface area contributed by atoms with Crippen LogP contribution in [0.25, 0.3) is 21.8 Å². The highest BCUT2D eigenvalue weighted by Gasteiger charge is 2.18. The summed E-state index contributed by atoms with van der Waals surface area (Å²) in [5.41, 5.74) is 2.14. The highest BCUT2D eigenvalue weighted by atomic mass is 35.5. The first-order valence-corrected chi connectivity index (χ1v) is 7.27. The largest absolute Gasteiger partial charge is 0.276 e. The van der Waals surface area contributed by atoms with E-state index in [1.54, 1.807) is 16.8 Å². The van der Waals surface area contributed by atoms with E-state index in [0.717, 1.165) is 21.8 Å². The van der Waals surface area contributed by atoms with Crippen LogP contribution in [0.4, 0.5) is 0 Å². The predicted molar refractivity (Wildman–Crippen MR) is 88.4 cm³/mol. The van der Waals surface area contributed by atoms with Gasteiger partial charge in [0.2, 0.25) is 0 Å². The van der Waals surface area contributed by atoms with E-state index in [9.17, 15) is 4.79 Å². The van der Waals surface area contributed by atoms with Gasteiger partial charge in [0.05, 0.1) is 21.6 Å². The fraction of sp³-hybridized carbons (Fsp3) is 0. The third kappa shape index (κ3) is 1.83. The minimum atomic E-state index is -0.171. The molecule has 0 saturated carbocycles. The van der Waals surface area contributed by atoms with Gasteiger partial charge >= 0.3 is 0 Å². The second kappa shape index (κ2) is 4.97. The fourth-order valence-electron chi connectivity index (χ4n) is 2.80. The van der Waals surface area contributed by atoms with Crippen molar-refractivity contribution in [3.8, 4) is 0 Å². The lowest BCUT2D eigenvalue weighted by Crippen LogP contribution is -2.12. The third-order valence-electron chi connectivity index (χ3n) is 3.78. The van der Waals surface area contributed by atoms with E-state index >= 15 is 0 Å². The lowest BCUT2D eigenvalue weighted by molar-refractivity contribution is 0.0969. The van der Waals surface area contributed by atoms with Gasteiger partial charge in [-0.2, -0.15) is 0 Å². The van der Waals surface area contributed by atoms with Gasteiger partial charge in [0.15, 0.2) is 0 Å². The molecule has 0 spiro atoms. The number of nitrogens with zero attached hydrogens (tertiary/aromatic N) is 2. The average Bonchev–Trinajstić information content (AvgIpc) is 2.89. The van der Waals surface area contributed by atoms with Crippen LogP contribution in [-0.4, -0.2) is 15.5 Å². The third-order valence-corrected chi connectivity index (χ3v) is 4.11. The predicted octanol–water partition coefficient (Wildman–Crippen LogP) is 4.53. The highest BCUT2D eigenvalue weighted by Crippen LogP contribution is 2.30. The van der Waals surface area contributed by atoms with Gasteiger partial charge in [-0.15, -0.1) is 0 Å². The number of para-hydroxylation sites is 2. The number of carbonyl (C=O) groups is 1. The van der Waals surface area contributed by atoms with Crippen molar-refractivity contribution in [3.05, 3.63) is 77.6 Å². The highest BCUT2D eigenvalue weighted by molar-refractivity contribution is 6.34. The molecular weight excluding hydrogens is 296 g/mol. The lowest BCUT2D eigenvalue weighted by atomic mass is 10.2. The Morgan fingerprint density at radius 3 is 2.09 bits per heavy atom. The Balaban J connectivity index is 2.09. The molecule has 4 rings (SSSR count). The number of hydrogen-bond acceptors (Lipinski definition) is 2. The quantitative estimate of drug-likeness (QED) is 0.518. The Kier molecular flexibility index (Phi) is 2.94. The van der Waals surface area contributed by atoms with E-state index < -0.39 is 0 Å². The molecule has 3 nitrogen and oxygen atoms in total. The molecule has 4 heteroatoms. The summed E-state index contributed by atoms with van der Waals surface area (Å²) in [4.78, 5) is 17.0. The van der Waals surface area contributed by atoms with Gasteiger partial charge in [-0.1, -0.05) is 48.0 Å². The van der Waals surface area contributed by atoms with Crippen LogP contribution in [0.3, 0.4) is 0 Å². The van der Waals surface area contributed by atoms with Crippen molar-refractivity contribution >= 4 is 39.3 Å². The summed E-state index contributed by atoms with van der Waals surface area (Å²) in [7, 11) is 0. The van der Waals surface area contributed by atoms with E-state index in [-0.39, 0.29) is 5.91 Å². The molecule has 4 aromatic rings. The van der Waals surface area contributed by atoms with Crippen LogP contribution in [0, 0.1) is 0 Å². The van der Waals surface area contributed by atoms with E-state index in [1.807, 2.05) is 48.5 Å². The summed E-state index contributed by atoms with van der Waals surface area (Å²) < 4.78 is 1.70. The van der Waals surface area contributed by atoms with Crippen molar-refractivity contribution in [2.75, 3.05) is 0 Å². The number of rotatable bonds is 1. The standard InChI is InChI=1S/C18H11ClN2O/c19-15-9-10-20-11-14(15)18(22)21-16-7-3-1-5-12(16)13-6-2-4-8-17(13)21/h1-11H. The molecule has 0 radical (unpaired) electrons. The zero-order chi connectivity index (χ0) is 15.1. The van der Waals surface area contributed by atoms with Crippen LogP contribution in [0.2, 0.25) is 5.02 Å². The van der Waals surface area contributed by atoms with E-state index in [1.165, 1.54) is 6.20 Å². The number of benzene rings is 2. The van der Waals surface area contributed by atoms with Crippen molar-refractivity contribution < 1.29 is 4.79 Å². The van der Waals surface area contributed by atoms with Crippen LogP contribution in [0.5, 0.6) is 0 Å². The van der Waals surface area contributed by atoms with Gasteiger partial charge < -0.3 is 0 Å². The Morgan fingerprint density at radius 2 is 1.50 bits per heavy atom. The van der Waals surface area contributed by atoms with Crippen LogP contribution < -0.4 is 0 Å². The first kappa shape index (κ1) is 13.0. The maximum atomic E-state index is 13.0. The molecule has 2 aromatic heterocycles. The van der Waals surface area contributed by atoms with Crippen LogP contribution >= 0.6 is 11.6 Å². The van der Waals surface area contributed by atoms with Gasteiger partial charge in [0.1, 0.15) is 0 Å². The fourth-order valence-corrected chi connectivity index (χ4v) is 2.98. The van der Waals surface area contributed by atoms with Crippen molar-refractivity contribution in [1.82, 2.24) is 9.55 Å². The molecule has 2 heterocycles. The van der Waals surface area contributed by atoms with Gasteiger partial charge in [0, 0.05) is 23.2 Å². The molecule has 22 heavy (non-hydrogen) atoms. The molecule has 0 fully saturated rings. The molecule has 0 bridgehead atoms. The van der Waals surface area contributed by atoms with E-state index in [2.05, 4.69) is 4.98 Å². The van der Waals surface area contributed by atoms with Crippen molar-refractivity contribution in [2.24, 2.45) is 0 Å². The maximum absolute atomic E-state index is 13.0. The summed E-state index contributed by atoms with van der Waals surface area (Å²) in [6.45, 7) is 0. The summed E-state index contributed by atoms with van der Waals surface area (Å²) in [5, 5.41) is 2.50. The molecule has 2 aromatic carbocycles. The number of carbonyl (C=O) groups excluding carboxylic acids is 1. The maximum Gasteiger partial charge on any atom is 0.265 e. The Labute approximate surface area is 131 Å². The summed E-state index contributed by atoms with van der Waals surface area (Å²) >= 11 is 6.16. The SMILES string of the molecule is O=C(c1cnccc1Cl)n1c2ccccc2c2ccccc21. The topological polar surface area (TPSA) is 34.9 Å². The number of pyridine rings is 1. The Hall–Kier alpha value is -2.65. The van der Waals surface area contributed by atoms with E-state index in [0.29, 0.717) is 10.6 Å². The second-order valence-electron chi connectivity index (χ2n) is 5.03. The second-order valence-corrected chi connectivity index (χ2v) is 5.44. The molecular formula is C18H11ClN2O. The molecule has 0 saturated heterocycles. The number of halogens is 1. The molecule has 0 unspecified atom stereocenters. The molecule has 0 aliphatic rings. The van der Waals surface area contributed by atoms with Crippen LogP contribution in [-0.2, 0) is 0 Å². The van der Waals surface area contributed by atoms with Gasteiger partial charge in [-0.25, -0.2) is 0 Å². The number of hydrogen-bond donors (Lipinski definition) is 0. The molecule has 0 N–H and O–H groups in total. The van der Waals surface area contributed by atoms with E-state index in [4.69, 9.17) is 11.6 Å². The molecule has 0 aliphatic carbocycles.